The molecule has 5 atom stereocenters. The number of hydrogen-bond acceptors (Lipinski definition) is 3. The molecule has 0 radical (unpaired) electrons. The molecule has 1 saturated heterocycles. The molecule has 25 heavy (non-hydrogen) atoms. The van der Waals surface area contributed by atoms with Crippen molar-refractivity contribution in [2.45, 2.75) is 104 Å². The first-order chi connectivity index (χ1) is 11.5. The second-order valence-corrected chi connectivity index (χ2v) is 10.5. The molecule has 1 aliphatic heterocycles. The second-order valence-electron chi connectivity index (χ2n) is 10.5. The van der Waals surface area contributed by atoms with Crippen LogP contribution in [0.5, 0.6) is 0 Å². The van der Waals surface area contributed by atoms with E-state index in [0.717, 1.165) is 18.8 Å². The molecule has 144 valence electrons. The van der Waals surface area contributed by atoms with E-state index in [1.165, 1.54) is 45.4 Å². The average Bonchev–Trinajstić information content (AvgIpc) is 2.44. The highest BCUT2D eigenvalue weighted by Gasteiger charge is 2.61. The Morgan fingerprint density at radius 2 is 1.68 bits per heavy atom. The molecule has 2 saturated carbocycles. The van der Waals surface area contributed by atoms with Crippen molar-refractivity contribution in [1.82, 2.24) is 0 Å². The van der Waals surface area contributed by atoms with Gasteiger partial charge in [-0.1, -0.05) is 27.2 Å². The Hall–Kier alpha value is -0.570. The van der Waals surface area contributed by atoms with Gasteiger partial charge in [0, 0.05) is 13.3 Å². The lowest BCUT2D eigenvalue weighted by Gasteiger charge is -2.65. The van der Waals surface area contributed by atoms with Crippen LogP contribution in [0.15, 0.2) is 0 Å². The second kappa shape index (κ2) is 6.25. The van der Waals surface area contributed by atoms with Gasteiger partial charge in [-0.2, -0.15) is 0 Å². The Balaban J connectivity index is 1.76. The van der Waals surface area contributed by atoms with Gasteiger partial charge in [0.25, 0.3) is 0 Å². The Morgan fingerprint density at radius 1 is 1.00 bits per heavy atom. The maximum absolute atomic E-state index is 11.1. The van der Waals surface area contributed by atoms with Gasteiger partial charge in [-0.05, 0) is 75.0 Å². The van der Waals surface area contributed by atoms with Gasteiger partial charge >= 0.3 is 5.97 Å². The van der Waals surface area contributed by atoms with Crippen LogP contribution in [0.2, 0.25) is 0 Å². The summed E-state index contributed by atoms with van der Waals surface area (Å²) >= 11 is 0. The van der Waals surface area contributed by atoms with E-state index in [4.69, 9.17) is 9.47 Å². The van der Waals surface area contributed by atoms with Gasteiger partial charge in [0.1, 0.15) is 0 Å². The molecule has 0 spiro atoms. The van der Waals surface area contributed by atoms with Gasteiger partial charge in [0.15, 0.2) is 0 Å². The Morgan fingerprint density at radius 3 is 2.36 bits per heavy atom. The third-order valence-electron chi connectivity index (χ3n) is 8.12. The molecular weight excluding hydrogens is 312 g/mol. The van der Waals surface area contributed by atoms with Gasteiger partial charge < -0.3 is 9.47 Å². The monoisotopic (exact) mass is 350 g/mol. The van der Waals surface area contributed by atoms with Gasteiger partial charge in [0.05, 0.1) is 17.8 Å². The van der Waals surface area contributed by atoms with E-state index in [1.807, 2.05) is 0 Å². The summed E-state index contributed by atoms with van der Waals surface area (Å²) in [6.07, 6.45) is 9.68. The predicted molar refractivity (Wildman–Crippen MR) is 100 cm³/mol. The van der Waals surface area contributed by atoms with Crippen molar-refractivity contribution >= 4 is 5.97 Å². The lowest BCUT2D eigenvalue weighted by atomic mass is 9.44. The molecule has 5 unspecified atom stereocenters. The summed E-state index contributed by atoms with van der Waals surface area (Å²) in [5.41, 5.74) is 0.687. The molecule has 3 fully saturated rings. The highest BCUT2D eigenvalue weighted by atomic mass is 16.5. The average molecular weight is 351 g/mol. The number of hydrogen-bond donors (Lipinski definition) is 0. The van der Waals surface area contributed by atoms with Crippen LogP contribution in [0.1, 0.15) is 92.9 Å². The van der Waals surface area contributed by atoms with Crippen LogP contribution in [-0.4, -0.2) is 23.8 Å². The number of carbonyl (C=O) groups is 1. The number of carbonyl (C=O) groups excluding carboxylic acids is 1. The Kier molecular flexibility index (Phi) is 4.80. The summed E-state index contributed by atoms with van der Waals surface area (Å²) in [7, 11) is 0. The normalized spacial score (nSPS) is 46.0. The molecule has 0 aromatic rings. The van der Waals surface area contributed by atoms with Crippen molar-refractivity contribution in [3.05, 3.63) is 0 Å². The van der Waals surface area contributed by atoms with Crippen molar-refractivity contribution in [3.63, 3.8) is 0 Å². The maximum atomic E-state index is 11.1. The summed E-state index contributed by atoms with van der Waals surface area (Å²) in [5.74, 6) is 1.28. The molecule has 2 aliphatic carbocycles. The van der Waals surface area contributed by atoms with Gasteiger partial charge in [-0.15, -0.1) is 0 Å². The molecule has 0 bridgehead atoms. The predicted octanol–water partition coefficient (Wildman–Crippen LogP) is 5.51. The molecule has 0 N–H and O–H groups in total. The first-order valence-corrected chi connectivity index (χ1v) is 10.3. The number of fused-ring (bicyclic) bond motifs is 3. The van der Waals surface area contributed by atoms with E-state index in [-0.39, 0.29) is 17.2 Å². The molecule has 0 aromatic heterocycles. The SMILES string of the molecule is CC(=O)OCCC1(C)CCC2C(C)(CCC3C(C)(C)CCCC32C)O1. The van der Waals surface area contributed by atoms with Gasteiger partial charge in [-0.25, -0.2) is 0 Å². The molecule has 3 aliphatic rings. The lowest BCUT2D eigenvalue weighted by Crippen LogP contribution is -2.62. The van der Waals surface area contributed by atoms with E-state index in [1.54, 1.807) is 0 Å². The van der Waals surface area contributed by atoms with Crippen LogP contribution >= 0.6 is 0 Å². The summed E-state index contributed by atoms with van der Waals surface area (Å²) in [6, 6.07) is 0. The zero-order chi connectivity index (χ0) is 18.5. The fraction of sp³-hybridized carbons (Fsp3) is 0.955. The highest BCUT2D eigenvalue weighted by molar-refractivity contribution is 5.65. The third-order valence-corrected chi connectivity index (χ3v) is 8.12. The van der Waals surface area contributed by atoms with Crippen LogP contribution < -0.4 is 0 Å². The summed E-state index contributed by atoms with van der Waals surface area (Å²) < 4.78 is 12.0. The van der Waals surface area contributed by atoms with Crippen LogP contribution in [0, 0.1) is 22.7 Å². The van der Waals surface area contributed by atoms with Crippen LogP contribution in [-0.2, 0) is 14.3 Å². The Bertz CT molecular complexity index is 527. The minimum absolute atomic E-state index is 0.0259. The highest BCUT2D eigenvalue weighted by Crippen LogP contribution is 2.65. The molecule has 0 amide bonds. The smallest absolute Gasteiger partial charge is 0.302 e. The third kappa shape index (κ3) is 3.38. The molecule has 3 nitrogen and oxygen atoms in total. The van der Waals surface area contributed by atoms with E-state index in [0.29, 0.717) is 23.4 Å². The fourth-order valence-electron chi connectivity index (χ4n) is 7.01. The standard InChI is InChI=1S/C22H38O3/c1-16(23)24-15-14-20(4)12-8-18-21(5)11-7-10-19(2,3)17(21)9-13-22(18,6)25-20/h17-18H,7-15H2,1-6H3. The van der Waals surface area contributed by atoms with E-state index >= 15 is 0 Å². The summed E-state index contributed by atoms with van der Waals surface area (Å²) in [5, 5.41) is 0. The van der Waals surface area contributed by atoms with E-state index < -0.39 is 0 Å². The zero-order valence-electron chi connectivity index (χ0n) is 17.2. The van der Waals surface area contributed by atoms with Gasteiger partial charge in [-0.3, -0.25) is 4.79 Å². The molecule has 3 heteroatoms. The van der Waals surface area contributed by atoms with E-state index in [9.17, 15) is 4.79 Å². The van der Waals surface area contributed by atoms with Crippen molar-refractivity contribution in [1.29, 1.82) is 0 Å². The minimum atomic E-state index is -0.194. The largest absolute Gasteiger partial charge is 0.466 e. The number of rotatable bonds is 3. The molecule has 3 rings (SSSR count). The first-order valence-electron chi connectivity index (χ1n) is 10.3. The topological polar surface area (TPSA) is 35.5 Å². The zero-order valence-corrected chi connectivity index (χ0v) is 17.2. The number of ether oxygens (including phenoxy) is 2. The fourth-order valence-corrected chi connectivity index (χ4v) is 7.01. The van der Waals surface area contributed by atoms with Crippen molar-refractivity contribution in [3.8, 4) is 0 Å². The van der Waals surface area contributed by atoms with Crippen LogP contribution in [0.3, 0.4) is 0 Å². The van der Waals surface area contributed by atoms with Crippen molar-refractivity contribution < 1.29 is 14.3 Å². The lowest BCUT2D eigenvalue weighted by molar-refractivity contribution is -0.268. The van der Waals surface area contributed by atoms with E-state index in [2.05, 4.69) is 34.6 Å². The quantitative estimate of drug-likeness (QED) is 0.630. The van der Waals surface area contributed by atoms with Crippen molar-refractivity contribution in [2.24, 2.45) is 22.7 Å². The number of esters is 1. The first kappa shape index (κ1) is 19.2. The molecular formula is C22H38O3. The van der Waals surface area contributed by atoms with Crippen molar-refractivity contribution in [2.75, 3.05) is 6.61 Å². The van der Waals surface area contributed by atoms with Crippen LogP contribution in [0.25, 0.3) is 0 Å². The molecule has 1 heterocycles. The molecule has 0 aromatic carbocycles. The van der Waals surface area contributed by atoms with Crippen LogP contribution in [0.4, 0.5) is 0 Å². The Labute approximate surface area is 154 Å². The van der Waals surface area contributed by atoms with Gasteiger partial charge in [0.2, 0.25) is 0 Å². The maximum Gasteiger partial charge on any atom is 0.302 e. The minimum Gasteiger partial charge on any atom is -0.466 e. The summed E-state index contributed by atoms with van der Waals surface area (Å²) in [4.78, 5) is 11.1. The summed E-state index contributed by atoms with van der Waals surface area (Å²) in [6.45, 7) is 14.1.